The van der Waals surface area contributed by atoms with Crippen molar-refractivity contribution in [1.82, 2.24) is 9.97 Å². The summed E-state index contributed by atoms with van der Waals surface area (Å²) in [4.78, 5) is 18.6. The van der Waals surface area contributed by atoms with Gasteiger partial charge in [-0.3, -0.25) is 9.78 Å². The summed E-state index contributed by atoms with van der Waals surface area (Å²) in [6.07, 6.45) is 4.12. The number of nitrogens with zero attached hydrogens (tertiary/aromatic N) is 1. The van der Waals surface area contributed by atoms with Crippen molar-refractivity contribution in [1.29, 1.82) is 0 Å². The highest BCUT2D eigenvalue weighted by molar-refractivity contribution is 5.81. The van der Waals surface area contributed by atoms with Gasteiger partial charge in [0.2, 0.25) is 0 Å². The lowest BCUT2D eigenvalue weighted by atomic mass is 9.86. The van der Waals surface area contributed by atoms with E-state index in [0.717, 1.165) is 22.2 Å². The molecule has 0 saturated heterocycles. The Kier molecular flexibility index (Phi) is 2.65. The van der Waals surface area contributed by atoms with Crippen molar-refractivity contribution < 1.29 is 9.90 Å². The van der Waals surface area contributed by atoms with E-state index in [0.29, 0.717) is 6.42 Å². The number of carboxylic acids is 1. The van der Waals surface area contributed by atoms with E-state index < -0.39 is 11.4 Å². The van der Waals surface area contributed by atoms with Gasteiger partial charge in [0.25, 0.3) is 0 Å². The average Bonchev–Trinajstić information content (AvgIpc) is 2.60. The Balaban J connectivity index is 2.41. The summed E-state index contributed by atoms with van der Waals surface area (Å²) in [5.74, 6) is -0.793. The molecule has 0 amide bonds. The smallest absolute Gasteiger partial charge is 0.309 e. The molecule has 90 valence electrons. The number of carbonyl (C=O) groups is 1. The number of hydrogen-bond acceptors (Lipinski definition) is 2. The van der Waals surface area contributed by atoms with Crippen molar-refractivity contribution in [3.8, 4) is 0 Å². The second-order valence-electron chi connectivity index (χ2n) is 5.09. The first-order valence-corrected chi connectivity index (χ1v) is 5.56. The van der Waals surface area contributed by atoms with E-state index in [2.05, 4.69) is 9.97 Å². The first-order valence-electron chi connectivity index (χ1n) is 5.56. The molecule has 0 fully saturated rings. The number of rotatable bonds is 3. The van der Waals surface area contributed by atoms with Crippen molar-refractivity contribution in [3.05, 3.63) is 29.6 Å². The van der Waals surface area contributed by atoms with E-state index in [1.54, 1.807) is 20.0 Å². The molecule has 2 rings (SSSR count). The lowest BCUT2D eigenvalue weighted by molar-refractivity contribution is -0.146. The highest BCUT2D eigenvalue weighted by atomic mass is 16.4. The quantitative estimate of drug-likeness (QED) is 0.854. The molecule has 2 aromatic rings. The van der Waals surface area contributed by atoms with Crippen LogP contribution in [-0.4, -0.2) is 21.0 Å². The lowest BCUT2D eigenvalue weighted by Crippen LogP contribution is -2.26. The zero-order valence-corrected chi connectivity index (χ0v) is 10.2. The molecule has 0 bridgehead atoms. The number of aliphatic carboxylic acids is 1. The molecule has 0 aromatic carbocycles. The number of aromatic nitrogens is 2. The Morgan fingerprint density at radius 1 is 1.53 bits per heavy atom. The second kappa shape index (κ2) is 3.87. The van der Waals surface area contributed by atoms with Crippen molar-refractivity contribution in [2.75, 3.05) is 0 Å². The third-order valence-electron chi connectivity index (χ3n) is 2.94. The fourth-order valence-corrected chi connectivity index (χ4v) is 1.85. The third-order valence-corrected chi connectivity index (χ3v) is 2.94. The van der Waals surface area contributed by atoms with Crippen LogP contribution in [0.15, 0.2) is 18.5 Å². The number of hydrogen-bond donors (Lipinski definition) is 2. The van der Waals surface area contributed by atoms with Crippen molar-refractivity contribution in [3.63, 3.8) is 0 Å². The number of pyridine rings is 1. The number of fused-ring (bicyclic) bond motifs is 1. The monoisotopic (exact) mass is 232 g/mol. The Labute approximate surface area is 99.7 Å². The van der Waals surface area contributed by atoms with Gasteiger partial charge in [0, 0.05) is 12.4 Å². The molecule has 0 atom stereocenters. The molecule has 4 nitrogen and oxygen atoms in total. The third kappa shape index (κ3) is 2.16. The molecule has 0 aliphatic heterocycles. The first kappa shape index (κ1) is 11.6. The van der Waals surface area contributed by atoms with Crippen LogP contribution in [0.3, 0.4) is 0 Å². The highest BCUT2D eigenvalue weighted by Crippen LogP contribution is 2.26. The van der Waals surface area contributed by atoms with Gasteiger partial charge in [0.1, 0.15) is 0 Å². The fraction of sp³-hybridized carbons (Fsp3) is 0.385. The van der Waals surface area contributed by atoms with Gasteiger partial charge in [-0.25, -0.2) is 0 Å². The van der Waals surface area contributed by atoms with Crippen LogP contribution in [0.4, 0.5) is 0 Å². The molecule has 17 heavy (non-hydrogen) atoms. The molecule has 0 aliphatic rings. The fourth-order valence-electron chi connectivity index (χ4n) is 1.85. The van der Waals surface area contributed by atoms with E-state index in [1.807, 2.05) is 19.2 Å². The van der Waals surface area contributed by atoms with Gasteiger partial charge in [-0.15, -0.1) is 0 Å². The van der Waals surface area contributed by atoms with E-state index in [-0.39, 0.29) is 0 Å². The molecule has 2 N–H and O–H groups in total. The topological polar surface area (TPSA) is 66.0 Å². The number of nitrogens with one attached hydrogen (secondary N) is 1. The molecular weight excluding hydrogens is 216 g/mol. The van der Waals surface area contributed by atoms with Crippen LogP contribution in [0.25, 0.3) is 11.0 Å². The SMILES string of the molecule is Cc1cnc2c(CC(C)(C)C(=O)O)c[nH]c2c1. The first-order chi connectivity index (χ1) is 7.90. The molecule has 4 heteroatoms. The molecular formula is C13H16N2O2. The Morgan fingerprint density at radius 2 is 2.24 bits per heavy atom. The Bertz CT molecular complexity index is 570. The minimum absolute atomic E-state index is 0.471. The summed E-state index contributed by atoms with van der Waals surface area (Å²) >= 11 is 0. The zero-order valence-electron chi connectivity index (χ0n) is 10.2. The Morgan fingerprint density at radius 3 is 2.88 bits per heavy atom. The Hall–Kier alpha value is -1.84. The number of aromatic amines is 1. The normalized spacial score (nSPS) is 11.9. The average molecular weight is 232 g/mol. The number of H-pyrrole nitrogens is 1. The van der Waals surface area contributed by atoms with E-state index in [4.69, 9.17) is 5.11 Å². The summed E-state index contributed by atoms with van der Waals surface area (Å²) < 4.78 is 0. The predicted octanol–water partition coefficient (Wildman–Crippen LogP) is 2.52. The predicted molar refractivity (Wildman–Crippen MR) is 66.0 cm³/mol. The number of carboxylic acid groups (broad SMARTS) is 1. The van der Waals surface area contributed by atoms with Crippen molar-refractivity contribution in [2.24, 2.45) is 5.41 Å². The maximum Gasteiger partial charge on any atom is 0.309 e. The molecule has 2 aromatic heterocycles. The van der Waals surface area contributed by atoms with E-state index >= 15 is 0 Å². The minimum Gasteiger partial charge on any atom is -0.481 e. The lowest BCUT2D eigenvalue weighted by Gasteiger charge is -2.17. The van der Waals surface area contributed by atoms with Gasteiger partial charge in [0.05, 0.1) is 16.4 Å². The molecule has 0 spiro atoms. The van der Waals surface area contributed by atoms with E-state index in [9.17, 15) is 4.79 Å². The maximum atomic E-state index is 11.1. The summed E-state index contributed by atoms with van der Waals surface area (Å²) in [7, 11) is 0. The largest absolute Gasteiger partial charge is 0.481 e. The van der Waals surface area contributed by atoms with E-state index in [1.165, 1.54) is 0 Å². The van der Waals surface area contributed by atoms with Crippen LogP contribution < -0.4 is 0 Å². The highest BCUT2D eigenvalue weighted by Gasteiger charge is 2.28. The van der Waals surface area contributed by atoms with Gasteiger partial charge < -0.3 is 10.1 Å². The summed E-state index contributed by atoms with van der Waals surface area (Å²) in [5, 5.41) is 9.13. The van der Waals surface area contributed by atoms with Crippen LogP contribution in [0.1, 0.15) is 25.0 Å². The number of aryl methyl sites for hydroxylation is 1. The van der Waals surface area contributed by atoms with Gasteiger partial charge in [-0.05, 0) is 44.4 Å². The van der Waals surface area contributed by atoms with Gasteiger partial charge in [-0.2, -0.15) is 0 Å². The summed E-state index contributed by atoms with van der Waals surface area (Å²) in [6, 6.07) is 2.01. The van der Waals surface area contributed by atoms with Crippen LogP contribution in [0, 0.1) is 12.3 Å². The van der Waals surface area contributed by atoms with Crippen LogP contribution in [0.2, 0.25) is 0 Å². The molecule has 0 unspecified atom stereocenters. The van der Waals surface area contributed by atoms with Gasteiger partial charge >= 0.3 is 5.97 Å². The van der Waals surface area contributed by atoms with Crippen LogP contribution in [0.5, 0.6) is 0 Å². The second-order valence-corrected chi connectivity index (χ2v) is 5.09. The molecule has 0 aliphatic carbocycles. The molecule has 0 radical (unpaired) electrons. The standard InChI is InChI=1S/C13H16N2O2/c1-8-4-10-11(15-6-8)9(7-14-10)5-13(2,3)12(16)17/h4,6-7,14H,5H2,1-3H3,(H,16,17). The van der Waals surface area contributed by atoms with Crippen molar-refractivity contribution in [2.45, 2.75) is 27.2 Å². The summed E-state index contributed by atoms with van der Waals surface area (Å²) in [6.45, 7) is 5.43. The maximum absolute atomic E-state index is 11.1. The zero-order chi connectivity index (χ0) is 12.6. The van der Waals surface area contributed by atoms with Crippen LogP contribution in [-0.2, 0) is 11.2 Å². The van der Waals surface area contributed by atoms with Gasteiger partial charge in [0.15, 0.2) is 0 Å². The van der Waals surface area contributed by atoms with Crippen molar-refractivity contribution >= 4 is 17.0 Å². The minimum atomic E-state index is -0.793. The summed E-state index contributed by atoms with van der Waals surface area (Å²) in [5.41, 5.74) is 3.09. The van der Waals surface area contributed by atoms with Crippen LogP contribution >= 0.6 is 0 Å². The molecule has 0 saturated carbocycles. The van der Waals surface area contributed by atoms with Gasteiger partial charge in [-0.1, -0.05) is 0 Å². The molecule has 2 heterocycles.